The molecule has 1 aliphatic carbocycles. The first-order chi connectivity index (χ1) is 10.7. The van der Waals surface area contributed by atoms with Gasteiger partial charge in [-0.05, 0) is 31.2 Å². The molecule has 1 amide bonds. The van der Waals surface area contributed by atoms with Crippen molar-refractivity contribution >= 4 is 23.2 Å². The molecule has 0 atom stereocenters. The second kappa shape index (κ2) is 5.92. The summed E-state index contributed by atoms with van der Waals surface area (Å²) in [5.41, 5.74) is -0.0387. The molecule has 2 heterocycles. The number of hydrogen-bond acceptors (Lipinski definition) is 6. The molecule has 0 spiro atoms. The van der Waals surface area contributed by atoms with Crippen molar-refractivity contribution in [3.63, 3.8) is 0 Å². The molecule has 1 N–H and O–H groups in total. The first-order valence-corrected chi connectivity index (χ1v) is 7.98. The van der Waals surface area contributed by atoms with Crippen LogP contribution in [0.3, 0.4) is 0 Å². The first-order valence-electron chi connectivity index (χ1n) is 7.11. The van der Waals surface area contributed by atoms with Crippen molar-refractivity contribution in [1.82, 2.24) is 10.5 Å². The minimum absolute atomic E-state index is 0.121. The van der Waals surface area contributed by atoms with Crippen molar-refractivity contribution in [2.24, 2.45) is 0 Å². The van der Waals surface area contributed by atoms with Crippen LogP contribution in [0.1, 0.15) is 25.5 Å². The second-order valence-electron chi connectivity index (χ2n) is 5.12. The van der Waals surface area contributed by atoms with Crippen LogP contribution in [0, 0.1) is 0 Å². The molecule has 2 aromatic heterocycles. The van der Waals surface area contributed by atoms with Crippen LogP contribution < -0.4 is 5.32 Å². The number of hydrogen-bond donors (Lipinski definition) is 1. The van der Waals surface area contributed by atoms with E-state index in [9.17, 15) is 9.59 Å². The van der Waals surface area contributed by atoms with Gasteiger partial charge in [-0.3, -0.25) is 9.59 Å². The quantitative estimate of drug-likeness (QED) is 0.825. The zero-order chi connectivity index (χ0) is 15.6. The Kier molecular flexibility index (Phi) is 3.98. The van der Waals surface area contributed by atoms with Gasteiger partial charge in [0.15, 0.2) is 5.76 Å². The molecule has 7 heteroatoms. The Morgan fingerprint density at radius 3 is 2.95 bits per heavy atom. The fourth-order valence-corrected chi connectivity index (χ4v) is 2.97. The van der Waals surface area contributed by atoms with Gasteiger partial charge in [0.05, 0.1) is 22.6 Å². The molecule has 116 valence electrons. The van der Waals surface area contributed by atoms with E-state index >= 15 is 0 Å². The number of ether oxygens (including phenoxy) is 1. The van der Waals surface area contributed by atoms with Crippen molar-refractivity contribution in [2.75, 3.05) is 13.2 Å². The summed E-state index contributed by atoms with van der Waals surface area (Å²) in [7, 11) is 0. The summed E-state index contributed by atoms with van der Waals surface area (Å²) < 4.78 is 10.1. The van der Waals surface area contributed by atoms with Gasteiger partial charge in [0, 0.05) is 6.07 Å². The van der Waals surface area contributed by atoms with E-state index in [-0.39, 0.29) is 12.5 Å². The topological polar surface area (TPSA) is 81.4 Å². The van der Waals surface area contributed by atoms with Gasteiger partial charge in [-0.2, -0.15) is 0 Å². The number of esters is 1. The van der Waals surface area contributed by atoms with E-state index in [4.69, 9.17) is 9.26 Å². The van der Waals surface area contributed by atoms with Crippen molar-refractivity contribution in [2.45, 2.75) is 25.2 Å². The van der Waals surface area contributed by atoms with Gasteiger partial charge in [0.25, 0.3) is 0 Å². The summed E-state index contributed by atoms with van der Waals surface area (Å²) >= 11 is 1.55. The van der Waals surface area contributed by atoms with E-state index in [1.807, 2.05) is 23.6 Å². The lowest BCUT2D eigenvalue weighted by Gasteiger charge is -2.11. The summed E-state index contributed by atoms with van der Waals surface area (Å²) in [6, 6.07) is 5.68. The van der Waals surface area contributed by atoms with Crippen molar-refractivity contribution in [1.29, 1.82) is 0 Å². The molecular formula is C15H16N2O4S. The molecule has 2 aromatic rings. The van der Waals surface area contributed by atoms with Crippen LogP contribution in [0.25, 0.3) is 10.6 Å². The minimum Gasteiger partial charge on any atom is -0.465 e. The minimum atomic E-state index is -0.661. The van der Waals surface area contributed by atoms with Crippen molar-refractivity contribution < 1.29 is 18.8 Å². The lowest BCUT2D eigenvalue weighted by molar-refractivity contribution is -0.143. The number of amides is 1. The predicted molar refractivity (Wildman–Crippen MR) is 80.4 cm³/mol. The highest BCUT2D eigenvalue weighted by atomic mass is 32.1. The summed E-state index contributed by atoms with van der Waals surface area (Å²) in [5, 5.41) is 8.62. The number of nitrogens with zero attached hydrogens (tertiary/aromatic N) is 1. The van der Waals surface area contributed by atoms with E-state index < -0.39 is 11.4 Å². The van der Waals surface area contributed by atoms with E-state index in [1.165, 1.54) is 0 Å². The molecule has 1 saturated carbocycles. The van der Waals surface area contributed by atoms with Gasteiger partial charge >= 0.3 is 5.97 Å². The van der Waals surface area contributed by atoms with Gasteiger partial charge in [-0.15, -0.1) is 11.3 Å². The number of nitrogens with one attached hydrogen (secondary N) is 1. The lowest BCUT2D eigenvalue weighted by Crippen LogP contribution is -2.38. The van der Waals surface area contributed by atoms with Gasteiger partial charge in [-0.1, -0.05) is 11.2 Å². The molecule has 3 rings (SSSR count). The molecule has 0 radical (unpaired) electrons. The average molecular weight is 320 g/mol. The molecule has 0 saturated heterocycles. The number of thiophene rings is 1. The van der Waals surface area contributed by atoms with Crippen LogP contribution in [0.15, 0.2) is 28.1 Å². The van der Waals surface area contributed by atoms with Crippen LogP contribution in [0.5, 0.6) is 0 Å². The van der Waals surface area contributed by atoms with E-state index in [0.29, 0.717) is 30.9 Å². The number of carbonyl (C=O) groups is 2. The van der Waals surface area contributed by atoms with Crippen LogP contribution >= 0.6 is 11.3 Å². The lowest BCUT2D eigenvalue weighted by atomic mass is 10.0. The second-order valence-corrected chi connectivity index (χ2v) is 6.07. The molecule has 0 unspecified atom stereocenters. The summed E-state index contributed by atoms with van der Waals surface area (Å²) in [4.78, 5) is 24.6. The number of aromatic nitrogens is 1. The predicted octanol–water partition coefficient (Wildman–Crippen LogP) is 2.11. The Hall–Kier alpha value is -2.15. The molecule has 0 aliphatic heterocycles. The Morgan fingerprint density at radius 1 is 1.50 bits per heavy atom. The van der Waals surface area contributed by atoms with Crippen molar-refractivity contribution in [3.8, 4) is 10.6 Å². The third kappa shape index (κ3) is 2.76. The summed E-state index contributed by atoms with van der Waals surface area (Å²) in [6.07, 6.45) is 1.41. The molecule has 6 nitrogen and oxygen atoms in total. The zero-order valence-electron chi connectivity index (χ0n) is 12.1. The maximum atomic E-state index is 12.3. The summed E-state index contributed by atoms with van der Waals surface area (Å²) in [6.45, 7) is 1.90. The highest BCUT2D eigenvalue weighted by molar-refractivity contribution is 7.13. The monoisotopic (exact) mass is 320 g/mol. The molecular weight excluding hydrogens is 304 g/mol. The molecule has 1 fully saturated rings. The van der Waals surface area contributed by atoms with Crippen LogP contribution in [-0.4, -0.2) is 30.2 Å². The van der Waals surface area contributed by atoms with Gasteiger partial charge in [0.1, 0.15) is 6.54 Å². The van der Waals surface area contributed by atoms with Gasteiger partial charge < -0.3 is 14.6 Å². The highest BCUT2D eigenvalue weighted by Crippen LogP contribution is 2.48. The maximum Gasteiger partial charge on any atom is 0.325 e. The Morgan fingerprint density at radius 2 is 2.32 bits per heavy atom. The fourth-order valence-electron chi connectivity index (χ4n) is 2.29. The third-order valence-electron chi connectivity index (χ3n) is 3.65. The molecule has 1 aliphatic rings. The number of rotatable bonds is 6. The van der Waals surface area contributed by atoms with Gasteiger partial charge in [0.2, 0.25) is 5.91 Å². The van der Waals surface area contributed by atoms with Gasteiger partial charge in [-0.25, -0.2) is 0 Å². The highest BCUT2D eigenvalue weighted by Gasteiger charge is 2.53. The Bertz CT molecular complexity index is 674. The number of carbonyl (C=O) groups excluding carboxylic acids is 2. The third-order valence-corrected chi connectivity index (χ3v) is 4.53. The molecule has 0 bridgehead atoms. The normalized spacial score (nSPS) is 15.3. The van der Waals surface area contributed by atoms with Crippen LogP contribution in [-0.2, 0) is 19.7 Å². The summed E-state index contributed by atoms with van der Waals surface area (Å²) in [5.74, 6) is 0.0205. The Labute approximate surface area is 131 Å². The van der Waals surface area contributed by atoms with Crippen LogP contribution in [0.4, 0.5) is 0 Å². The zero-order valence-corrected chi connectivity index (χ0v) is 12.9. The molecule has 0 aromatic carbocycles. The first kappa shape index (κ1) is 14.8. The van der Waals surface area contributed by atoms with Crippen molar-refractivity contribution in [3.05, 3.63) is 29.3 Å². The fraction of sp³-hybridized carbons (Fsp3) is 0.400. The van der Waals surface area contributed by atoms with E-state index in [2.05, 4.69) is 10.5 Å². The Balaban J connectivity index is 1.68. The largest absolute Gasteiger partial charge is 0.465 e. The standard InChI is InChI=1S/C15H16N2O4S/c1-2-20-13(18)9-16-14(19)15(5-6-15)12-8-10(21-17-12)11-4-3-7-22-11/h3-4,7-8H,2,5-6,9H2,1H3,(H,16,19). The van der Waals surface area contributed by atoms with E-state index in [0.717, 1.165) is 4.88 Å². The smallest absolute Gasteiger partial charge is 0.325 e. The average Bonchev–Trinajstić information content (AvgIpc) is 2.93. The van der Waals surface area contributed by atoms with Crippen LogP contribution in [0.2, 0.25) is 0 Å². The van der Waals surface area contributed by atoms with E-state index in [1.54, 1.807) is 18.3 Å². The SMILES string of the molecule is CCOC(=O)CNC(=O)C1(c2cc(-c3cccs3)on2)CC1. The molecule has 22 heavy (non-hydrogen) atoms. The maximum absolute atomic E-state index is 12.3.